The molecular weight excluding hydrogens is 789 g/mol. The van der Waals surface area contributed by atoms with Crippen molar-refractivity contribution in [3.63, 3.8) is 0 Å². The molecule has 1 unspecified atom stereocenters. The van der Waals surface area contributed by atoms with Crippen LogP contribution < -0.4 is 19.6 Å². The van der Waals surface area contributed by atoms with Gasteiger partial charge in [0.15, 0.2) is 0 Å². The van der Waals surface area contributed by atoms with Gasteiger partial charge in [-0.2, -0.15) is 0 Å². The molecule has 0 N–H and O–H groups in total. The Labute approximate surface area is 383 Å². The molecule has 0 heterocycles. The monoisotopic (exact) mass is 838 g/mol. The summed E-state index contributed by atoms with van der Waals surface area (Å²) in [5.74, 6) is 0.514. The molecule has 9 aromatic carbocycles. The highest BCUT2D eigenvalue weighted by atomic mass is 15.2. The van der Waals surface area contributed by atoms with Gasteiger partial charge in [-0.25, -0.2) is 0 Å². The van der Waals surface area contributed by atoms with Gasteiger partial charge in [0.05, 0.1) is 0 Å². The van der Waals surface area contributed by atoms with Crippen LogP contribution >= 0.6 is 0 Å². The highest BCUT2D eigenvalue weighted by Gasteiger charge is 2.19. The Morgan fingerprint density at radius 2 is 0.508 bits per heavy atom. The van der Waals surface area contributed by atoms with E-state index in [0.29, 0.717) is 5.92 Å². The van der Waals surface area contributed by atoms with Gasteiger partial charge < -0.3 is 19.6 Å². The van der Waals surface area contributed by atoms with E-state index in [1.807, 2.05) is 0 Å². The summed E-state index contributed by atoms with van der Waals surface area (Å²) in [4.78, 5) is 9.29. The first kappa shape index (κ1) is 40.7. The van der Waals surface area contributed by atoms with Crippen LogP contribution in [0, 0.1) is 5.92 Å². The van der Waals surface area contributed by atoms with Crippen LogP contribution in [0.4, 0.5) is 62.6 Å². The third-order valence-corrected chi connectivity index (χ3v) is 11.9. The van der Waals surface area contributed by atoms with E-state index in [0.717, 1.165) is 80.1 Å². The van der Waals surface area contributed by atoms with Crippen molar-refractivity contribution in [1.29, 1.82) is 0 Å². The first-order chi connectivity index (χ1) is 32.2. The van der Waals surface area contributed by atoms with Crippen molar-refractivity contribution in [3.8, 4) is 11.1 Å². The molecule has 0 saturated carbocycles. The van der Waals surface area contributed by atoms with Gasteiger partial charge in [0.2, 0.25) is 0 Å². The Hall–Kier alpha value is -8.34. The maximum Gasteiger partial charge on any atom is 0.0463 e. The number of hydrogen-bond acceptors (Lipinski definition) is 4. The number of benzene rings is 9. The molecule has 4 heteroatoms. The summed E-state index contributed by atoms with van der Waals surface area (Å²) in [5.41, 5.74) is 15.7. The third-order valence-electron chi connectivity index (χ3n) is 11.9. The number of allylic oxidation sites excluding steroid dienone is 3. The molecular formula is C61H50N4. The fourth-order valence-electron chi connectivity index (χ4n) is 8.66. The van der Waals surface area contributed by atoms with Crippen LogP contribution in [-0.2, 0) is 0 Å². The Morgan fingerprint density at radius 1 is 0.277 bits per heavy atom. The van der Waals surface area contributed by atoms with Crippen LogP contribution in [0.2, 0.25) is 0 Å². The molecule has 10 rings (SSSR count). The van der Waals surface area contributed by atoms with E-state index in [1.165, 1.54) is 5.70 Å². The summed E-state index contributed by atoms with van der Waals surface area (Å²) >= 11 is 0. The summed E-state index contributed by atoms with van der Waals surface area (Å²) in [6.45, 7) is 2.27. The predicted octanol–water partition coefficient (Wildman–Crippen LogP) is 17.4. The molecule has 65 heavy (non-hydrogen) atoms. The van der Waals surface area contributed by atoms with E-state index >= 15 is 0 Å². The lowest BCUT2D eigenvalue weighted by molar-refractivity contribution is 0.728. The quantitative estimate of drug-likeness (QED) is 0.115. The van der Waals surface area contributed by atoms with Gasteiger partial charge in [0, 0.05) is 68.3 Å². The predicted molar refractivity (Wildman–Crippen MR) is 276 cm³/mol. The standard InChI is InChI=1S/C61H50N4/c1-47-27-33-55(34-28-47)65(61-45-41-59(42-46-61)63(52-21-11-4-12-22-52)53-23-13-5-14-24-53)57-37-31-49(32-38-57)48-29-35-56(36-30-48)64(54-25-15-6-16-26-54)60-43-39-58(40-44-60)62(50-17-7-2-8-18-50)51-19-9-3-10-20-51/h2-27,29-47H,28H2,1H3. The lowest BCUT2D eigenvalue weighted by atomic mass is 10.00. The number of rotatable bonds is 13. The smallest absolute Gasteiger partial charge is 0.0463 e. The molecule has 314 valence electrons. The van der Waals surface area contributed by atoms with Crippen LogP contribution in [0.1, 0.15) is 13.3 Å². The van der Waals surface area contributed by atoms with Gasteiger partial charge >= 0.3 is 0 Å². The van der Waals surface area contributed by atoms with E-state index in [4.69, 9.17) is 0 Å². The highest BCUT2D eigenvalue weighted by Crippen LogP contribution is 2.41. The van der Waals surface area contributed by atoms with Crippen LogP contribution in [0.5, 0.6) is 0 Å². The van der Waals surface area contributed by atoms with Crippen molar-refractivity contribution in [1.82, 2.24) is 0 Å². The third kappa shape index (κ3) is 8.97. The van der Waals surface area contributed by atoms with E-state index in [-0.39, 0.29) is 0 Å². The Balaban J connectivity index is 0.934. The van der Waals surface area contributed by atoms with Crippen LogP contribution in [0.25, 0.3) is 11.1 Å². The summed E-state index contributed by atoms with van der Waals surface area (Å²) in [6, 6.07) is 88.5. The van der Waals surface area contributed by atoms with Crippen molar-refractivity contribution in [2.75, 3.05) is 19.6 Å². The fourth-order valence-corrected chi connectivity index (χ4v) is 8.66. The van der Waals surface area contributed by atoms with Gasteiger partial charge in [0.1, 0.15) is 0 Å². The zero-order valence-corrected chi connectivity index (χ0v) is 36.5. The maximum absolute atomic E-state index is 2.37. The lowest BCUT2D eigenvalue weighted by Crippen LogP contribution is -2.17. The van der Waals surface area contributed by atoms with E-state index in [1.54, 1.807) is 0 Å². The highest BCUT2D eigenvalue weighted by molar-refractivity contribution is 5.83. The first-order valence-electron chi connectivity index (χ1n) is 22.4. The van der Waals surface area contributed by atoms with Crippen LogP contribution in [0.15, 0.2) is 273 Å². The van der Waals surface area contributed by atoms with Crippen molar-refractivity contribution in [2.24, 2.45) is 5.92 Å². The van der Waals surface area contributed by atoms with Gasteiger partial charge in [-0.3, -0.25) is 0 Å². The fraction of sp³-hybridized carbons (Fsp3) is 0.0492. The molecule has 4 nitrogen and oxygen atoms in total. The molecule has 9 aromatic rings. The second-order valence-electron chi connectivity index (χ2n) is 16.3. The Morgan fingerprint density at radius 3 is 0.754 bits per heavy atom. The van der Waals surface area contributed by atoms with Crippen LogP contribution in [-0.4, -0.2) is 0 Å². The minimum atomic E-state index is 0.514. The molecule has 0 fully saturated rings. The topological polar surface area (TPSA) is 13.0 Å². The van der Waals surface area contributed by atoms with E-state index in [9.17, 15) is 0 Å². The Kier molecular flexibility index (Phi) is 11.9. The molecule has 0 spiro atoms. The van der Waals surface area contributed by atoms with Gasteiger partial charge in [-0.05, 0) is 163 Å². The number of nitrogens with zero attached hydrogens (tertiary/aromatic N) is 4. The summed E-state index contributed by atoms with van der Waals surface area (Å²) in [7, 11) is 0. The van der Waals surface area contributed by atoms with Crippen molar-refractivity contribution >= 4 is 62.6 Å². The van der Waals surface area contributed by atoms with Crippen LogP contribution in [0.3, 0.4) is 0 Å². The minimum Gasteiger partial charge on any atom is -0.311 e. The molecule has 1 aliphatic rings. The van der Waals surface area contributed by atoms with E-state index < -0.39 is 0 Å². The van der Waals surface area contributed by atoms with Crippen molar-refractivity contribution < 1.29 is 0 Å². The maximum atomic E-state index is 2.37. The number of para-hydroxylation sites is 5. The molecule has 1 aliphatic carbocycles. The Bertz CT molecular complexity index is 2890. The largest absolute Gasteiger partial charge is 0.311 e. The van der Waals surface area contributed by atoms with E-state index in [2.05, 4.69) is 293 Å². The van der Waals surface area contributed by atoms with Gasteiger partial charge in [0.25, 0.3) is 0 Å². The molecule has 1 atom stereocenters. The zero-order valence-electron chi connectivity index (χ0n) is 36.5. The molecule has 0 aliphatic heterocycles. The molecule has 0 bridgehead atoms. The second-order valence-corrected chi connectivity index (χ2v) is 16.3. The minimum absolute atomic E-state index is 0.514. The normalized spacial score (nSPS) is 13.1. The SMILES string of the molecule is CC1C=CC(N(c2ccc(-c3ccc(N(c4ccccc4)c4ccc(N(c5ccccc5)c5ccccc5)cc4)cc3)cc2)c2ccc(N(c3ccccc3)c3ccccc3)cc2)=CC1. The summed E-state index contributed by atoms with van der Waals surface area (Å²) < 4.78 is 0. The molecule has 0 radical (unpaired) electrons. The number of anilines is 11. The first-order valence-corrected chi connectivity index (χ1v) is 22.4. The second kappa shape index (κ2) is 19.0. The summed E-state index contributed by atoms with van der Waals surface area (Å²) in [6.07, 6.45) is 7.95. The average Bonchev–Trinajstić information content (AvgIpc) is 3.38. The van der Waals surface area contributed by atoms with Crippen molar-refractivity contribution in [2.45, 2.75) is 13.3 Å². The van der Waals surface area contributed by atoms with Crippen molar-refractivity contribution in [3.05, 3.63) is 273 Å². The zero-order chi connectivity index (χ0) is 43.8. The lowest BCUT2D eigenvalue weighted by Gasteiger charge is -2.30. The number of hydrogen-bond donors (Lipinski definition) is 0. The molecule has 0 aromatic heterocycles. The van der Waals surface area contributed by atoms with Gasteiger partial charge in [-0.15, -0.1) is 0 Å². The summed E-state index contributed by atoms with van der Waals surface area (Å²) in [5, 5.41) is 0. The van der Waals surface area contributed by atoms with Gasteiger partial charge in [-0.1, -0.05) is 134 Å². The average molecular weight is 839 g/mol. The molecule has 0 saturated heterocycles. The molecule has 0 amide bonds.